The van der Waals surface area contributed by atoms with Crippen LogP contribution in [0.4, 0.5) is 17.5 Å². The lowest BCUT2D eigenvalue weighted by atomic mass is 10.1. The molecule has 0 saturated carbocycles. The summed E-state index contributed by atoms with van der Waals surface area (Å²) in [6.07, 6.45) is 0. The van der Waals surface area contributed by atoms with Crippen molar-refractivity contribution in [2.24, 2.45) is 0 Å². The van der Waals surface area contributed by atoms with E-state index >= 15 is 0 Å². The molecule has 1 aromatic heterocycles. The molecule has 1 heterocycles. The summed E-state index contributed by atoms with van der Waals surface area (Å²) in [6.45, 7) is 8.24. The van der Waals surface area contributed by atoms with Crippen LogP contribution in [0, 0.1) is 6.92 Å². The van der Waals surface area contributed by atoms with Crippen LogP contribution in [-0.2, 0) is 0 Å². The van der Waals surface area contributed by atoms with Gasteiger partial charge in [0.25, 0.3) is 0 Å². The zero-order valence-electron chi connectivity index (χ0n) is 13.2. The lowest BCUT2D eigenvalue weighted by molar-refractivity contribution is 0.415. The standard InChI is InChI=1S/C16H22N4O/c1-11-9-14(20-16(2,3)4)19-15(17-11)18-12-7-6-8-13(10-12)21-5/h6-10H,1-5H3,(H2,17,18,19,20). The average molecular weight is 286 g/mol. The van der Waals surface area contributed by atoms with Gasteiger partial charge in [-0.05, 0) is 39.8 Å². The van der Waals surface area contributed by atoms with Gasteiger partial charge in [0.2, 0.25) is 5.95 Å². The first-order chi connectivity index (χ1) is 9.85. The molecule has 5 heteroatoms. The summed E-state index contributed by atoms with van der Waals surface area (Å²) >= 11 is 0. The molecule has 2 rings (SSSR count). The topological polar surface area (TPSA) is 59.1 Å². The molecule has 0 bridgehead atoms. The second kappa shape index (κ2) is 5.99. The summed E-state index contributed by atoms with van der Waals surface area (Å²) in [5, 5.41) is 6.56. The van der Waals surface area contributed by atoms with Gasteiger partial charge in [0.05, 0.1) is 7.11 Å². The number of aromatic nitrogens is 2. The number of anilines is 3. The Morgan fingerprint density at radius 3 is 2.52 bits per heavy atom. The number of benzene rings is 1. The van der Waals surface area contributed by atoms with Crippen LogP contribution in [0.25, 0.3) is 0 Å². The molecular formula is C16H22N4O. The van der Waals surface area contributed by atoms with E-state index < -0.39 is 0 Å². The van der Waals surface area contributed by atoms with Crippen LogP contribution in [-0.4, -0.2) is 22.6 Å². The number of hydrogen-bond acceptors (Lipinski definition) is 5. The lowest BCUT2D eigenvalue weighted by Crippen LogP contribution is -2.27. The van der Waals surface area contributed by atoms with Gasteiger partial charge in [0.1, 0.15) is 11.6 Å². The predicted molar refractivity (Wildman–Crippen MR) is 86.4 cm³/mol. The van der Waals surface area contributed by atoms with Crippen LogP contribution < -0.4 is 15.4 Å². The van der Waals surface area contributed by atoms with Crippen LogP contribution >= 0.6 is 0 Å². The van der Waals surface area contributed by atoms with Gasteiger partial charge >= 0.3 is 0 Å². The van der Waals surface area contributed by atoms with Crippen molar-refractivity contribution in [1.29, 1.82) is 0 Å². The Hall–Kier alpha value is -2.30. The summed E-state index contributed by atoms with van der Waals surface area (Å²) < 4.78 is 5.21. The summed E-state index contributed by atoms with van der Waals surface area (Å²) in [4.78, 5) is 8.91. The average Bonchev–Trinajstić information content (AvgIpc) is 2.36. The third-order valence-corrected chi connectivity index (χ3v) is 2.68. The Morgan fingerprint density at radius 2 is 1.86 bits per heavy atom. The van der Waals surface area contributed by atoms with Crippen molar-refractivity contribution in [2.45, 2.75) is 33.2 Å². The number of methoxy groups -OCH3 is 1. The second-order valence-corrected chi connectivity index (χ2v) is 5.95. The van der Waals surface area contributed by atoms with Gasteiger partial charge in [-0.25, -0.2) is 4.98 Å². The fraction of sp³-hybridized carbons (Fsp3) is 0.375. The van der Waals surface area contributed by atoms with Gasteiger partial charge in [-0.15, -0.1) is 0 Å². The molecule has 112 valence electrons. The summed E-state index contributed by atoms with van der Waals surface area (Å²) in [5.41, 5.74) is 1.75. The highest BCUT2D eigenvalue weighted by Crippen LogP contribution is 2.21. The zero-order valence-corrected chi connectivity index (χ0v) is 13.2. The Kier molecular flexibility index (Phi) is 4.31. The van der Waals surface area contributed by atoms with E-state index in [4.69, 9.17) is 4.74 Å². The number of nitrogens with zero attached hydrogens (tertiary/aromatic N) is 2. The Labute approximate surface area is 125 Å². The quantitative estimate of drug-likeness (QED) is 0.896. The van der Waals surface area contributed by atoms with E-state index in [1.54, 1.807) is 7.11 Å². The van der Waals surface area contributed by atoms with Gasteiger partial charge in [-0.3, -0.25) is 0 Å². The predicted octanol–water partition coefficient (Wildman–Crippen LogP) is 3.75. The highest BCUT2D eigenvalue weighted by atomic mass is 16.5. The smallest absolute Gasteiger partial charge is 0.229 e. The molecule has 21 heavy (non-hydrogen) atoms. The van der Waals surface area contributed by atoms with Crippen LogP contribution in [0.2, 0.25) is 0 Å². The maximum absolute atomic E-state index is 5.21. The van der Waals surface area contributed by atoms with Gasteiger partial charge in [0, 0.05) is 29.1 Å². The van der Waals surface area contributed by atoms with Gasteiger partial charge in [-0.2, -0.15) is 4.98 Å². The molecule has 0 radical (unpaired) electrons. The van der Waals surface area contributed by atoms with Crippen molar-refractivity contribution in [3.8, 4) is 5.75 Å². The maximum atomic E-state index is 5.21. The molecule has 1 aromatic carbocycles. The molecule has 5 nitrogen and oxygen atoms in total. The zero-order chi connectivity index (χ0) is 15.5. The van der Waals surface area contributed by atoms with Crippen LogP contribution in [0.3, 0.4) is 0 Å². The molecule has 2 N–H and O–H groups in total. The molecule has 0 aliphatic heterocycles. The van der Waals surface area contributed by atoms with E-state index in [-0.39, 0.29) is 5.54 Å². The lowest BCUT2D eigenvalue weighted by Gasteiger charge is -2.21. The molecule has 0 aliphatic carbocycles. The molecule has 0 aliphatic rings. The minimum Gasteiger partial charge on any atom is -0.497 e. The van der Waals surface area contributed by atoms with E-state index in [9.17, 15) is 0 Å². The summed E-state index contributed by atoms with van der Waals surface area (Å²) in [5.74, 6) is 2.16. The first-order valence-corrected chi connectivity index (χ1v) is 6.91. The second-order valence-electron chi connectivity index (χ2n) is 5.95. The first-order valence-electron chi connectivity index (χ1n) is 6.91. The highest BCUT2D eigenvalue weighted by Gasteiger charge is 2.11. The largest absolute Gasteiger partial charge is 0.497 e. The van der Waals surface area contributed by atoms with E-state index in [0.717, 1.165) is 22.9 Å². The van der Waals surface area contributed by atoms with Gasteiger partial charge in [0.15, 0.2) is 0 Å². The van der Waals surface area contributed by atoms with Crippen molar-refractivity contribution in [1.82, 2.24) is 9.97 Å². The number of rotatable bonds is 4. The minimum absolute atomic E-state index is 0.0476. The minimum atomic E-state index is -0.0476. The SMILES string of the molecule is COc1cccc(Nc2nc(C)cc(NC(C)(C)C)n2)c1. The maximum Gasteiger partial charge on any atom is 0.229 e. The molecule has 2 aromatic rings. The molecule has 0 amide bonds. The van der Waals surface area contributed by atoms with Crippen molar-refractivity contribution >= 4 is 17.5 Å². The van der Waals surface area contributed by atoms with E-state index in [0.29, 0.717) is 5.95 Å². The molecule has 0 atom stereocenters. The van der Waals surface area contributed by atoms with Crippen molar-refractivity contribution in [3.05, 3.63) is 36.0 Å². The number of hydrogen-bond donors (Lipinski definition) is 2. The van der Waals surface area contributed by atoms with Crippen LogP contribution in [0.15, 0.2) is 30.3 Å². The normalized spacial score (nSPS) is 11.1. The van der Waals surface area contributed by atoms with E-state index in [1.165, 1.54) is 0 Å². The molecule has 0 saturated heterocycles. The Balaban J connectivity index is 2.23. The van der Waals surface area contributed by atoms with E-state index in [1.807, 2.05) is 37.3 Å². The van der Waals surface area contributed by atoms with Crippen molar-refractivity contribution < 1.29 is 4.74 Å². The Bertz CT molecular complexity index is 620. The molecule has 0 spiro atoms. The molecule has 0 fully saturated rings. The fourth-order valence-electron chi connectivity index (χ4n) is 1.90. The van der Waals surface area contributed by atoms with Gasteiger partial charge in [-0.1, -0.05) is 6.07 Å². The van der Waals surface area contributed by atoms with Crippen molar-refractivity contribution in [3.63, 3.8) is 0 Å². The number of aryl methyl sites for hydroxylation is 1. The van der Waals surface area contributed by atoms with Gasteiger partial charge < -0.3 is 15.4 Å². The monoisotopic (exact) mass is 286 g/mol. The first kappa shape index (κ1) is 15.1. The van der Waals surface area contributed by atoms with Crippen LogP contribution in [0.5, 0.6) is 5.75 Å². The third-order valence-electron chi connectivity index (χ3n) is 2.68. The molecule has 0 unspecified atom stereocenters. The third kappa shape index (κ3) is 4.63. The molecular weight excluding hydrogens is 264 g/mol. The van der Waals surface area contributed by atoms with Crippen molar-refractivity contribution in [2.75, 3.05) is 17.7 Å². The number of nitrogens with one attached hydrogen (secondary N) is 2. The van der Waals surface area contributed by atoms with Crippen LogP contribution in [0.1, 0.15) is 26.5 Å². The Morgan fingerprint density at radius 1 is 1.10 bits per heavy atom. The highest BCUT2D eigenvalue weighted by molar-refractivity contribution is 5.57. The number of ether oxygens (including phenoxy) is 1. The summed E-state index contributed by atoms with van der Waals surface area (Å²) in [7, 11) is 1.65. The summed E-state index contributed by atoms with van der Waals surface area (Å²) in [6, 6.07) is 9.61. The van der Waals surface area contributed by atoms with E-state index in [2.05, 4.69) is 41.4 Å². The fourth-order valence-corrected chi connectivity index (χ4v) is 1.90.